The molecule has 3 nitrogen and oxygen atoms in total. The van der Waals surface area contributed by atoms with Gasteiger partial charge in [-0.2, -0.15) is 0 Å². The Morgan fingerprint density at radius 2 is 1.90 bits per heavy atom. The number of thioether (sulfide) groups is 1. The molecule has 106 valence electrons. The number of hydrogen-bond acceptors (Lipinski definition) is 4. The highest BCUT2D eigenvalue weighted by Crippen LogP contribution is 2.22. The third kappa shape index (κ3) is 3.34. The lowest BCUT2D eigenvalue weighted by Gasteiger charge is -2.07. The Labute approximate surface area is 128 Å². The molecule has 2 N–H and O–H groups in total. The molecule has 0 spiro atoms. The van der Waals surface area contributed by atoms with E-state index in [-0.39, 0.29) is 0 Å². The van der Waals surface area contributed by atoms with Crippen LogP contribution in [0.5, 0.6) is 0 Å². The zero-order chi connectivity index (χ0) is 14.7. The van der Waals surface area contributed by atoms with Gasteiger partial charge in [-0.15, -0.1) is 11.8 Å². The lowest BCUT2D eigenvalue weighted by atomic mass is 10.1. The summed E-state index contributed by atoms with van der Waals surface area (Å²) in [6.45, 7) is 2.11. The van der Waals surface area contributed by atoms with Gasteiger partial charge in [-0.05, 0) is 31.5 Å². The predicted octanol–water partition coefficient (Wildman–Crippen LogP) is 3.86. The van der Waals surface area contributed by atoms with Crippen LogP contribution in [0.4, 0.5) is 5.95 Å². The Balaban J connectivity index is 1.76. The molecule has 0 aliphatic heterocycles. The van der Waals surface area contributed by atoms with E-state index in [9.17, 15) is 0 Å². The van der Waals surface area contributed by atoms with Gasteiger partial charge in [-0.1, -0.05) is 35.9 Å². The van der Waals surface area contributed by atoms with Gasteiger partial charge < -0.3 is 5.73 Å². The second-order valence-corrected chi connectivity index (χ2v) is 6.13. The van der Waals surface area contributed by atoms with Crippen molar-refractivity contribution in [2.75, 3.05) is 11.5 Å². The highest BCUT2D eigenvalue weighted by Gasteiger charge is 2.06. The van der Waals surface area contributed by atoms with Gasteiger partial charge in [-0.25, -0.2) is 9.97 Å². The number of hydrogen-bond donors (Lipinski definition) is 1. The Hall–Kier alpha value is -2.07. The number of benzene rings is 2. The molecule has 0 aliphatic carbocycles. The Morgan fingerprint density at radius 3 is 2.76 bits per heavy atom. The summed E-state index contributed by atoms with van der Waals surface area (Å²) < 4.78 is 0. The molecule has 2 aromatic carbocycles. The number of rotatable bonds is 4. The normalized spacial score (nSPS) is 10.9. The largest absolute Gasteiger partial charge is 0.368 e. The Bertz CT molecular complexity index is 771. The van der Waals surface area contributed by atoms with E-state index in [2.05, 4.69) is 47.2 Å². The summed E-state index contributed by atoms with van der Waals surface area (Å²) in [5.74, 6) is 1.33. The molecule has 3 rings (SSSR count). The van der Waals surface area contributed by atoms with Gasteiger partial charge in [0.1, 0.15) is 0 Å². The summed E-state index contributed by atoms with van der Waals surface area (Å²) in [5.41, 5.74) is 9.03. The van der Waals surface area contributed by atoms with Gasteiger partial charge in [0.15, 0.2) is 0 Å². The van der Waals surface area contributed by atoms with Crippen molar-refractivity contribution in [2.45, 2.75) is 18.2 Å². The van der Waals surface area contributed by atoms with Crippen LogP contribution in [0.3, 0.4) is 0 Å². The van der Waals surface area contributed by atoms with Crippen molar-refractivity contribution in [3.63, 3.8) is 0 Å². The maximum atomic E-state index is 5.80. The lowest BCUT2D eigenvalue weighted by Crippen LogP contribution is -2.02. The van der Waals surface area contributed by atoms with E-state index in [0.717, 1.165) is 28.8 Å². The summed E-state index contributed by atoms with van der Waals surface area (Å²) in [6, 6.07) is 16.6. The molecule has 0 fully saturated rings. The minimum atomic E-state index is 0.351. The van der Waals surface area contributed by atoms with Crippen LogP contribution in [0.15, 0.2) is 53.4 Å². The fraction of sp³-hybridized carbons (Fsp3) is 0.176. The van der Waals surface area contributed by atoms with Crippen LogP contribution in [-0.2, 0) is 6.42 Å². The van der Waals surface area contributed by atoms with Crippen molar-refractivity contribution in [2.24, 2.45) is 0 Å². The van der Waals surface area contributed by atoms with E-state index < -0.39 is 0 Å². The maximum absolute atomic E-state index is 5.80. The first-order valence-electron chi connectivity index (χ1n) is 6.93. The number of nitrogens with two attached hydrogens (primary N) is 1. The number of nitrogen functional groups attached to an aromatic ring is 1. The number of anilines is 1. The molecule has 0 aliphatic rings. The average Bonchev–Trinajstić information content (AvgIpc) is 2.47. The van der Waals surface area contributed by atoms with Crippen LogP contribution in [0.1, 0.15) is 11.3 Å². The van der Waals surface area contributed by atoms with Crippen LogP contribution >= 0.6 is 11.8 Å². The molecule has 1 aromatic heterocycles. The zero-order valence-electron chi connectivity index (χ0n) is 11.9. The van der Waals surface area contributed by atoms with Crippen molar-refractivity contribution in [1.29, 1.82) is 0 Å². The number of aryl methyl sites for hydroxylation is 2. The van der Waals surface area contributed by atoms with Gasteiger partial charge >= 0.3 is 0 Å². The predicted molar refractivity (Wildman–Crippen MR) is 89.6 cm³/mol. The third-order valence-electron chi connectivity index (χ3n) is 3.30. The van der Waals surface area contributed by atoms with Crippen LogP contribution in [0.2, 0.25) is 0 Å². The molecule has 0 amide bonds. The molecule has 0 unspecified atom stereocenters. The monoisotopic (exact) mass is 295 g/mol. The van der Waals surface area contributed by atoms with Crippen LogP contribution < -0.4 is 5.73 Å². The second-order valence-electron chi connectivity index (χ2n) is 4.96. The average molecular weight is 295 g/mol. The molecule has 0 bridgehead atoms. The second kappa shape index (κ2) is 6.14. The molecule has 4 heteroatoms. The van der Waals surface area contributed by atoms with Gasteiger partial charge in [-0.3, -0.25) is 0 Å². The third-order valence-corrected chi connectivity index (χ3v) is 4.29. The van der Waals surface area contributed by atoms with Gasteiger partial charge in [0.25, 0.3) is 0 Å². The Morgan fingerprint density at radius 1 is 1.05 bits per heavy atom. The molecule has 21 heavy (non-hydrogen) atoms. The standard InChI is InChI=1S/C17H17N3S/c1-12-5-4-6-13(11-12)21-10-9-16-14-7-2-3-8-15(14)19-17(18)20-16/h2-8,11H,9-10H2,1H3,(H2,18,19,20). The molecule has 0 saturated carbocycles. The molecule has 0 atom stereocenters. The molecular weight excluding hydrogens is 278 g/mol. The number of nitrogens with zero attached hydrogens (tertiary/aromatic N) is 2. The fourth-order valence-corrected chi connectivity index (χ4v) is 3.30. The number of fused-ring (bicyclic) bond motifs is 1. The van der Waals surface area contributed by atoms with Crippen LogP contribution in [0.25, 0.3) is 10.9 Å². The summed E-state index contributed by atoms with van der Waals surface area (Å²) >= 11 is 1.84. The van der Waals surface area contributed by atoms with Gasteiger partial charge in [0.05, 0.1) is 11.2 Å². The van der Waals surface area contributed by atoms with Crippen LogP contribution in [0, 0.1) is 6.92 Å². The van der Waals surface area contributed by atoms with E-state index in [1.54, 1.807) is 0 Å². The SMILES string of the molecule is Cc1cccc(SCCc2nc(N)nc3ccccc23)c1. The minimum absolute atomic E-state index is 0.351. The fourth-order valence-electron chi connectivity index (χ4n) is 2.32. The first-order valence-corrected chi connectivity index (χ1v) is 7.91. The summed E-state index contributed by atoms with van der Waals surface area (Å²) in [6.07, 6.45) is 0.881. The first-order chi connectivity index (χ1) is 10.2. The van der Waals surface area contributed by atoms with Crippen molar-refractivity contribution in [3.8, 4) is 0 Å². The van der Waals surface area contributed by atoms with Gasteiger partial charge in [0, 0.05) is 16.0 Å². The highest BCUT2D eigenvalue weighted by atomic mass is 32.2. The van der Waals surface area contributed by atoms with Crippen LogP contribution in [-0.4, -0.2) is 15.7 Å². The van der Waals surface area contributed by atoms with Crippen molar-refractivity contribution >= 4 is 28.6 Å². The first kappa shape index (κ1) is 13.9. The quantitative estimate of drug-likeness (QED) is 0.743. The van der Waals surface area contributed by atoms with E-state index in [4.69, 9.17) is 5.73 Å². The molecule has 0 radical (unpaired) electrons. The van der Waals surface area contributed by atoms with E-state index in [0.29, 0.717) is 5.95 Å². The summed E-state index contributed by atoms with van der Waals surface area (Å²) in [7, 11) is 0. The topological polar surface area (TPSA) is 51.8 Å². The summed E-state index contributed by atoms with van der Waals surface area (Å²) in [5, 5.41) is 1.09. The van der Waals surface area contributed by atoms with Crippen molar-refractivity contribution in [3.05, 3.63) is 59.8 Å². The van der Waals surface area contributed by atoms with E-state index >= 15 is 0 Å². The van der Waals surface area contributed by atoms with E-state index in [1.165, 1.54) is 10.5 Å². The lowest BCUT2D eigenvalue weighted by molar-refractivity contribution is 1.05. The van der Waals surface area contributed by atoms with Crippen molar-refractivity contribution in [1.82, 2.24) is 9.97 Å². The molecule has 0 saturated heterocycles. The summed E-state index contributed by atoms with van der Waals surface area (Å²) in [4.78, 5) is 9.97. The molecule has 1 heterocycles. The minimum Gasteiger partial charge on any atom is -0.368 e. The molecular formula is C17H17N3S. The zero-order valence-corrected chi connectivity index (χ0v) is 12.7. The molecule has 3 aromatic rings. The smallest absolute Gasteiger partial charge is 0.220 e. The van der Waals surface area contributed by atoms with Gasteiger partial charge in [0.2, 0.25) is 5.95 Å². The van der Waals surface area contributed by atoms with E-state index in [1.807, 2.05) is 30.0 Å². The number of aromatic nitrogens is 2. The Kier molecular flexibility index (Phi) is 4.06. The van der Waals surface area contributed by atoms with Crippen molar-refractivity contribution < 1.29 is 0 Å². The number of para-hydroxylation sites is 1. The highest BCUT2D eigenvalue weighted by molar-refractivity contribution is 7.99. The maximum Gasteiger partial charge on any atom is 0.220 e.